The van der Waals surface area contributed by atoms with Crippen LogP contribution < -0.4 is 0 Å². The number of hydrogen-bond donors (Lipinski definition) is 0. The lowest BCUT2D eigenvalue weighted by Gasteiger charge is -2.11. The molecule has 23 heavy (non-hydrogen) atoms. The van der Waals surface area contributed by atoms with Gasteiger partial charge < -0.3 is 0 Å². The smallest absolute Gasteiger partial charge is 0.166 e. The Balaban J connectivity index is 2.24. The number of halogens is 5. The Kier molecular flexibility index (Phi) is 4.05. The fourth-order valence-corrected chi connectivity index (χ4v) is 2.55. The molecule has 0 fully saturated rings. The van der Waals surface area contributed by atoms with Gasteiger partial charge in [-0.15, -0.1) is 0 Å². The molecule has 0 amide bonds. The Morgan fingerprint density at radius 1 is 0.652 bits per heavy atom. The van der Waals surface area contributed by atoms with Crippen LogP contribution in [-0.2, 0) is 0 Å². The van der Waals surface area contributed by atoms with Crippen molar-refractivity contribution in [3.05, 3.63) is 77.1 Å². The van der Waals surface area contributed by atoms with Gasteiger partial charge in [-0.2, -0.15) is 0 Å². The Bertz CT molecular complexity index is 826. The molecule has 0 aliphatic carbocycles. The molecule has 6 heteroatoms. The summed E-state index contributed by atoms with van der Waals surface area (Å²) in [5.74, 6) is -4.26. The van der Waals surface area contributed by atoms with Crippen molar-refractivity contribution < 1.29 is 17.6 Å². The van der Waals surface area contributed by atoms with Crippen LogP contribution in [0.15, 0.2) is 48.8 Å². The maximum absolute atomic E-state index is 13.9. The van der Waals surface area contributed by atoms with E-state index in [0.717, 1.165) is 12.1 Å². The molecule has 0 bridgehead atoms. The van der Waals surface area contributed by atoms with Crippen LogP contribution in [-0.4, -0.2) is 4.98 Å². The van der Waals surface area contributed by atoms with Crippen LogP contribution in [0.4, 0.5) is 17.6 Å². The normalized spacial score (nSPS) is 10.8. The van der Waals surface area contributed by atoms with Gasteiger partial charge in [0.05, 0.1) is 5.02 Å². The summed E-state index contributed by atoms with van der Waals surface area (Å²) in [6.07, 6.45) is 2.47. The fourth-order valence-electron chi connectivity index (χ4n) is 2.24. The van der Waals surface area contributed by atoms with Crippen molar-refractivity contribution in [2.45, 2.75) is 0 Å². The van der Waals surface area contributed by atoms with E-state index < -0.39 is 23.3 Å². The van der Waals surface area contributed by atoms with E-state index >= 15 is 0 Å². The van der Waals surface area contributed by atoms with Crippen LogP contribution >= 0.6 is 11.6 Å². The van der Waals surface area contributed by atoms with Crippen molar-refractivity contribution in [1.82, 2.24) is 4.98 Å². The van der Waals surface area contributed by atoms with Crippen LogP contribution in [0.1, 0.15) is 0 Å². The molecule has 0 unspecified atom stereocenters. The molecule has 1 nitrogen and oxygen atoms in total. The van der Waals surface area contributed by atoms with Gasteiger partial charge in [0.25, 0.3) is 0 Å². The van der Waals surface area contributed by atoms with E-state index in [2.05, 4.69) is 4.98 Å². The van der Waals surface area contributed by atoms with Gasteiger partial charge in [-0.25, -0.2) is 17.6 Å². The van der Waals surface area contributed by atoms with Crippen LogP contribution in [0.5, 0.6) is 0 Å². The molecule has 0 N–H and O–H groups in total. The number of rotatable bonds is 2. The Morgan fingerprint density at radius 2 is 1.09 bits per heavy atom. The van der Waals surface area contributed by atoms with Crippen LogP contribution in [0.3, 0.4) is 0 Å². The largest absolute Gasteiger partial charge is 0.263 e. The molecular formula is C17H8ClF4N. The quantitative estimate of drug-likeness (QED) is 0.553. The molecule has 2 aromatic carbocycles. The molecule has 0 radical (unpaired) electrons. The van der Waals surface area contributed by atoms with E-state index in [1.165, 1.54) is 36.7 Å². The van der Waals surface area contributed by atoms with E-state index in [1.807, 2.05) is 0 Å². The number of aromatic nitrogens is 1. The average molecular weight is 338 g/mol. The Labute approximate surface area is 134 Å². The molecule has 1 heterocycles. The third-order valence-electron chi connectivity index (χ3n) is 3.36. The zero-order chi connectivity index (χ0) is 16.6. The Hall–Kier alpha value is -2.40. The van der Waals surface area contributed by atoms with E-state index in [4.69, 9.17) is 11.6 Å². The minimum atomic E-state index is -1.09. The predicted octanol–water partition coefficient (Wildman–Crippen LogP) is 5.63. The molecule has 0 aliphatic rings. The number of pyridine rings is 1. The minimum absolute atomic E-state index is 0.0472. The number of nitrogens with zero attached hydrogens (tertiary/aromatic N) is 1. The van der Waals surface area contributed by atoms with E-state index in [1.54, 1.807) is 0 Å². The van der Waals surface area contributed by atoms with Gasteiger partial charge >= 0.3 is 0 Å². The summed E-state index contributed by atoms with van der Waals surface area (Å²) in [7, 11) is 0. The summed E-state index contributed by atoms with van der Waals surface area (Å²) >= 11 is 6.21. The summed E-state index contributed by atoms with van der Waals surface area (Å²) in [4.78, 5) is 3.88. The lowest BCUT2D eigenvalue weighted by molar-refractivity contribution is 0.511. The van der Waals surface area contributed by atoms with Gasteiger partial charge in [0.1, 0.15) is 0 Å². The molecule has 116 valence electrons. The van der Waals surface area contributed by atoms with Crippen molar-refractivity contribution in [2.24, 2.45) is 0 Å². The summed E-state index contributed by atoms with van der Waals surface area (Å²) < 4.78 is 54.7. The molecule has 3 rings (SSSR count). The lowest BCUT2D eigenvalue weighted by atomic mass is 10.0. The van der Waals surface area contributed by atoms with E-state index in [-0.39, 0.29) is 27.3 Å². The van der Waals surface area contributed by atoms with Gasteiger partial charge in [-0.05, 0) is 12.1 Å². The molecule has 0 atom stereocenters. The predicted molar refractivity (Wildman–Crippen MR) is 80.0 cm³/mol. The highest BCUT2D eigenvalue weighted by Crippen LogP contribution is 2.38. The summed E-state index contributed by atoms with van der Waals surface area (Å²) in [6.45, 7) is 0. The van der Waals surface area contributed by atoms with Gasteiger partial charge in [0, 0.05) is 34.6 Å². The van der Waals surface area contributed by atoms with Gasteiger partial charge in [-0.3, -0.25) is 4.98 Å². The van der Waals surface area contributed by atoms with Crippen molar-refractivity contribution in [1.29, 1.82) is 0 Å². The van der Waals surface area contributed by atoms with Crippen molar-refractivity contribution in [3.63, 3.8) is 0 Å². The first kappa shape index (κ1) is 15.5. The highest BCUT2D eigenvalue weighted by molar-refractivity contribution is 6.36. The first-order valence-corrected chi connectivity index (χ1v) is 6.90. The number of benzene rings is 2. The Morgan fingerprint density at radius 3 is 1.52 bits per heavy atom. The van der Waals surface area contributed by atoms with Crippen LogP contribution in [0, 0.1) is 23.3 Å². The van der Waals surface area contributed by atoms with E-state index in [0.29, 0.717) is 0 Å². The lowest BCUT2D eigenvalue weighted by Crippen LogP contribution is -1.95. The SMILES string of the molecule is Fc1cccc(-c2cncc(-c3cccc(F)c3F)c2Cl)c1F. The first-order chi connectivity index (χ1) is 11.0. The molecular weight excluding hydrogens is 330 g/mol. The van der Waals surface area contributed by atoms with E-state index in [9.17, 15) is 17.6 Å². The van der Waals surface area contributed by atoms with Gasteiger partial charge in [0.2, 0.25) is 0 Å². The average Bonchev–Trinajstić information content (AvgIpc) is 2.54. The third kappa shape index (κ3) is 2.68. The number of hydrogen-bond acceptors (Lipinski definition) is 1. The molecule has 0 saturated carbocycles. The second kappa shape index (κ2) is 6.01. The summed E-state index contributed by atoms with van der Waals surface area (Å²) in [5.41, 5.74) is -0.0445. The van der Waals surface area contributed by atoms with Gasteiger partial charge in [0.15, 0.2) is 23.3 Å². The van der Waals surface area contributed by atoms with Crippen LogP contribution in [0.2, 0.25) is 5.02 Å². The summed E-state index contributed by atoms with van der Waals surface area (Å²) in [6, 6.07) is 7.23. The topological polar surface area (TPSA) is 12.9 Å². The zero-order valence-electron chi connectivity index (χ0n) is 11.5. The first-order valence-electron chi connectivity index (χ1n) is 6.53. The minimum Gasteiger partial charge on any atom is -0.263 e. The monoisotopic (exact) mass is 337 g/mol. The summed E-state index contributed by atoms with van der Waals surface area (Å²) in [5, 5.41) is -0.0472. The highest BCUT2D eigenvalue weighted by atomic mass is 35.5. The standard InChI is InChI=1S/C17H8ClF4N/c18-15-11(9-3-1-5-13(19)16(9)21)7-23-8-12(15)10-4-2-6-14(20)17(10)22/h1-8H. The fraction of sp³-hybridized carbons (Fsp3) is 0. The second-order valence-electron chi connectivity index (χ2n) is 4.75. The van der Waals surface area contributed by atoms with Crippen molar-refractivity contribution >= 4 is 11.6 Å². The molecule has 0 aliphatic heterocycles. The maximum Gasteiger partial charge on any atom is 0.166 e. The molecule has 0 spiro atoms. The van der Waals surface area contributed by atoms with Crippen LogP contribution in [0.25, 0.3) is 22.3 Å². The van der Waals surface area contributed by atoms with Crippen molar-refractivity contribution in [2.75, 3.05) is 0 Å². The second-order valence-corrected chi connectivity index (χ2v) is 5.13. The maximum atomic E-state index is 13.9. The molecule has 3 aromatic rings. The highest BCUT2D eigenvalue weighted by Gasteiger charge is 2.18. The van der Waals surface area contributed by atoms with Crippen molar-refractivity contribution in [3.8, 4) is 22.3 Å². The zero-order valence-corrected chi connectivity index (χ0v) is 12.2. The third-order valence-corrected chi connectivity index (χ3v) is 3.77. The molecule has 0 saturated heterocycles. The molecule has 1 aromatic heterocycles. The van der Waals surface area contributed by atoms with Gasteiger partial charge in [-0.1, -0.05) is 35.9 Å².